The molecule has 0 amide bonds. The SMILES string of the molecule is CC(C)c1nc(/C=C/c2cn(C(C)(C)C)nn2)ncc1C(=O)O. The summed E-state index contributed by atoms with van der Waals surface area (Å²) in [6.45, 7) is 9.92. The van der Waals surface area contributed by atoms with Gasteiger partial charge in [0.1, 0.15) is 5.69 Å². The molecule has 2 aromatic heterocycles. The van der Waals surface area contributed by atoms with E-state index in [1.165, 1.54) is 6.20 Å². The molecule has 2 rings (SSSR count). The first-order chi connectivity index (χ1) is 10.7. The van der Waals surface area contributed by atoms with Crippen molar-refractivity contribution in [3.63, 3.8) is 0 Å². The van der Waals surface area contributed by atoms with Gasteiger partial charge in [-0.15, -0.1) is 5.10 Å². The Bertz CT molecular complexity index is 741. The maximum atomic E-state index is 11.2. The van der Waals surface area contributed by atoms with Crippen LogP contribution in [0.15, 0.2) is 12.4 Å². The molecular formula is C16H21N5O2. The third-order valence-corrected chi connectivity index (χ3v) is 3.22. The van der Waals surface area contributed by atoms with E-state index in [0.29, 0.717) is 17.2 Å². The maximum absolute atomic E-state index is 11.2. The standard InChI is InChI=1S/C16H21N5O2/c1-10(2)14-12(15(22)23)8-17-13(18-14)7-6-11-9-21(20-19-11)16(3,4)5/h6-10H,1-5H3,(H,22,23)/b7-6+. The molecule has 0 spiro atoms. The van der Waals surface area contributed by atoms with E-state index in [4.69, 9.17) is 0 Å². The zero-order valence-corrected chi connectivity index (χ0v) is 14.0. The lowest BCUT2D eigenvalue weighted by Crippen LogP contribution is -2.22. The van der Waals surface area contributed by atoms with Gasteiger partial charge in [-0.3, -0.25) is 0 Å². The molecule has 0 aromatic carbocycles. The van der Waals surface area contributed by atoms with Crippen LogP contribution in [-0.4, -0.2) is 36.0 Å². The second kappa shape index (κ2) is 6.28. The summed E-state index contributed by atoms with van der Waals surface area (Å²) >= 11 is 0. The van der Waals surface area contributed by atoms with E-state index in [1.54, 1.807) is 16.8 Å². The smallest absolute Gasteiger partial charge is 0.339 e. The summed E-state index contributed by atoms with van der Waals surface area (Å²) in [7, 11) is 0. The summed E-state index contributed by atoms with van der Waals surface area (Å²) in [6.07, 6.45) is 6.64. The number of aromatic carboxylic acids is 1. The molecular weight excluding hydrogens is 294 g/mol. The second-order valence-electron chi connectivity index (χ2n) is 6.58. The largest absolute Gasteiger partial charge is 0.478 e. The zero-order chi connectivity index (χ0) is 17.2. The number of aromatic nitrogens is 5. The van der Waals surface area contributed by atoms with Crippen molar-refractivity contribution in [1.29, 1.82) is 0 Å². The average Bonchev–Trinajstić information content (AvgIpc) is 2.93. The Labute approximate surface area is 135 Å². The molecule has 7 nitrogen and oxygen atoms in total. The molecule has 0 radical (unpaired) electrons. The van der Waals surface area contributed by atoms with Crippen LogP contribution in [0.3, 0.4) is 0 Å². The van der Waals surface area contributed by atoms with Crippen molar-refractivity contribution >= 4 is 18.1 Å². The van der Waals surface area contributed by atoms with Gasteiger partial charge in [-0.05, 0) is 38.8 Å². The molecule has 0 aliphatic rings. The van der Waals surface area contributed by atoms with Gasteiger partial charge in [0.25, 0.3) is 0 Å². The molecule has 0 unspecified atom stereocenters. The Morgan fingerprint density at radius 1 is 1.30 bits per heavy atom. The van der Waals surface area contributed by atoms with Gasteiger partial charge in [0.2, 0.25) is 0 Å². The molecule has 7 heteroatoms. The highest BCUT2D eigenvalue weighted by Gasteiger charge is 2.16. The van der Waals surface area contributed by atoms with E-state index >= 15 is 0 Å². The topological polar surface area (TPSA) is 93.8 Å². The fourth-order valence-corrected chi connectivity index (χ4v) is 1.94. The monoisotopic (exact) mass is 315 g/mol. The van der Waals surface area contributed by atoms with Crippen LogP contribution >= 0.6 is 0 Å². The highest BCUT2D eigenvalue weighted by Crippen LogP contribution is 2.17. The van der Waals surface area contributed by atoms with E-state index in [9.17, 15) is 9.90 Å². The predicted octanol–water partition coefficient (Wildman–Crippen LogP) is 2.82. The summed E-state index contributed by atoms with van der Waals surface area (Å²) in [5.41, 5.74) is 1.21. The number of rotatable bonds is 4. The normalized spacial score (nSPS) is 12.3. The van der Waals surface area contributed by atoms with Crippen molar-refractivity contribution in [3.05, 3.63) is 35.2 Å². The average molecular weight is 315 g/mol. The lowest BCUT2D eigenvalue weighted by molar-refractivity contribution is 0.0694. The van der Waals surface area contributed by atoms with E-state index in [0.717, 1.165) is 0 Å². The lowest BCUT2D eigenvalue weighted by Gasteiger charge is -2.17. The van der Waals surface area contributed by atoms with Crippen molar-refractivity contribution in [2.24, 2.45) is 0 Å². The van der Waals surface area contributed by atoms with E-state index in [2.05, 4.69) is 20.3 Å². The van der Waals surface area contributed by atoms with Crippen LogP contribution in [0.4, 0.5) is 0 Å². The van der Waals surface area contributed by atoms with Gasteiger partial charge in [-0.2, -0.15) is 0 Å². The van der Waals surface area contributed by atoms with Gasteiger partial charge < -0.3 is 5.11 Å². The van der Waals surface area contributed by atoms with Gasteiger partial charge in [-0.1, -0.05) is 19.1 Å². The maximum Gasteiger partial charge on any atom is 0.339 e. The zero-order valence-electron chi connectivity index (χ0n) is 14.0. The minimum Gasteiger partial charge on any atom is -0.478 e. The highest BCUT2D eigenvalue weighted by molar-refractivity contribution is 5.88. The molecule has 0 aliphatic heterocycles. The first-order valence-corrected chi connectivity index (χ1v) is 7.39. The molecule has 0 saturated carbocycles. The molecule has 2 aromatic rings. The van der Waals surface area contributed by atoms with Gasteiger partial charge in [-0.25, -0.2) is 19.4 Å². The van der Waals surface area contributed by atoms with Crippen LogP contribution in [0, 0.1) is 0 Å². The molecule has 0 saturated heterocycles. The second-order valence-corrected chi connectivity index (χ2v) is 6.58. The summed E-state index contributed by atoms with van der Waals surface area (Å²) in [5, 5.41) is 17.3. The van der Waals surface area contributed by atoms with E-state index in [-0.39, 0.29) is 17.0 Å². The fraction of sp³-hybridized carbons (Fsp3) is 0.438. The highest BCUT2D eigenvalue weighted by atomic mass is 16.4. The molecule has 2 heterocycles. The van der Waals surface area contributed by atoms with Crippen molar-refractivity contribution < 1.29 is 9.90 Å². The van der Waals surface area contributed by atoms with Crippen LogP contribution in [-0.2, 0) is 5.54 Å². The van der Waals surface area contributed by atoms with Gasteiger partial charge in [0, 0.05) is 6.20 Å². The minimum atomic E-state index is -1.02. The van der Waals surface area contributed by atoms with Gasteiger partial charge in [0.15, 0.2) is 5.82 Å². The van der Waals surface area contributed by atoms with Crippen LogP contribution in [0.25, 0.3) is 12.2 Å². The van der Waals surface area contributed by atoms with Crippen molar-refractivity contribution in [2.45, 2.75) is 46.1 Å². The molecule has 0 fully saturated rings. The molecule has 122 valence electrons. The number of hydrogen-bond acceptors (Lipinski definition) is 5. The molecule has 0 aliphatic carbocycles. The van der Waals surface area contributed by atoms with Crippen molar-refractivity contribution in [2.75, 3.05) is 0 Å². The number of hydrogen-bond donors (Lipinski definition) is 1. The molecule has 0 bridgehead atoms. The molecule has 1 N–H and O–H groups in total. The van der Waals surface area contributed by atoms with Crippen molar-refractivity contribution in [1.82, 2.24) is 25.0 Å². The van der Waals surface area contributed by atoms with Crippen LogP contribution < -0.4 is 0 Å². The Morgan fingerprint density at radius 3 is 2.52 bits per heavy atom. The number of carboxylic acid groups (broad SMARTS) is 1. The van der Waals surface area contributed by atoms with Gasteiger partial charge >= 0.3 is 5.97 Å². The van der Waals surface area contributed by atoms with Crippen LogP contribution in [0.2, 0.25) is 0 Å². The number of carboxylic acids is 1. The van der Waals surface area contributed by atoms with Gasteiger partial charge in [0.05, 0.1) is 23.0 Å². The van der Waals surface area contributed by atoms with E-state index in [1.807, 2.05) is 40.8 Å². The Morgan fingerprint density at radius 2 is 2.00 bits per heavy atom. The predicted molar refractivity (Wildman–Crippen MR) is 87.0 cm³/mol. The van der Waals surface area contributed by atoms with Crippen LogP contribution in [0.1, 0.15) is 68.1 Å². The summed E-state index contributed by atoms with van der Waals surface area (Å²) in [6, 6.07) is 0. The first-order valence-electron chi connectivity index (χ1n) is 7.39. The Kier molecular flexibility index (Phi) is 4.58. The third kappa shape index (κ3) is 4.00. The quantitative estimate of drug-likeness (QED) is 0.932. The first kappa shape index (κ1) is 16.8. The fourth-order valence-electron chi connectivity index (χ4n) is 1.94. The minimum absolute atomic E-state index is 0.00184. The molecule has 0 atom stereocenters. The summed E-state index contributed by atoms with van der Waals surface area (Å²) in [5.74, 6) is -0.570. The summed E-state index contributed by atoms with van der Waals surface area (Å²) < 4.78 is 1.78. The number of carbonyl (C=O) groups is 1. The summed E-state index contributed by atoms with van der Waals surface area (Å²) in [4.78, 5) is 19.6. The Balaban J connectivity index is 2.28. The third-order valence-electron chi connectivity index (χ3n) is 3.22. The Hall–Kier alpha value is -2.57. The van der Waals surface area contributed by atoms with E-state index < -0.39 is 5.97 Å². The van der Waals surface area contributed by atoms with Crippen LogP contribution in [0.5, 0.6) is 0 Å². The molecule has 23 heavy (non-hydrogen) atoms. The van der Waals surface area contributed by atoms with Crippen molar-refractivity contribution in [3.8, 4) is 0 Å². The lowest BCUT2D eigenvalue weighted by atomic mass is 10.1. The number of nitrogens with zero attached hydrogens (tertiary/aromatic N) is 5.